The Labute approximate surface area is 96.0 Å². The molecule has 1 fully saturated rings. The number of piperidine rings is 1. The number of nitrogens with two attached hydrogens (primary N) is 1. The van der Waals surface area contributed by atoms with Crippen LogP contribution in [0, 0.1) is 5.92 Å². The standard InChI is InChI=1S/C11H20N4O/c1-15-6-2-3-9(8-15)7-11-13-10(4-5-12)14-16-11/h9H,2-8,12H2,1H3. The van der Waals surface area contributed by atoms with Crippen LogP contribution in [0.5, 0.6) is 0 Å². The van der Waals surface area contributed by atoms with Gasteiger partial charge in [-0.05, 0) is 38.9 Å². The Bertz CT molecular complexity index is 326. The lowest BCUT2D eigenvalue weighted by atomic mass is 9.95. The van der Waals surface area contributed by atoms with Crippen LogP contribution in [0.15, 0.2) is 4.52 Å². The van der Waals surface area contributed by atoms with E-state index >= 15 is 0 Å². The quantitative estimate of drug-likeness (QED) is 0.804. The van der Waals surface area contributed by atoms with Crippen molar-refractivity contribution in [3.8, 4) is 0 Å². The molecule has 1 aromatic heterocycles. The maximum absolute atomic E-state index is 5.44. The molecule has 0 aromatic carbocycles. The number of aromatic nitrogens is 2. The summed E-state index contributed by atoms with van der Waals surface area (Å²) in [5.74, 6) is 2.16. The van der Waals surface area contributed by atoms with Crippen molar-refractivity contribution in [3.05, 3.63) is 11.7 Å². The minimum absolute atomic E-state index is 0.575. The summed E-state index contributed by atoms with van der Waals surface area (Å²) in [5, 5.41) is 3.91. The molecule has 1 aliphatic heterocycles. The fraction of sp³-hybridized carbons (Fsp3) is 0.818. The van der Waals surface area contributed by atoms with Gasteiger partial charge in [0, 0.05) is 19.4 Å². The van der Waals surface area contributed by atoms with E-state index in [0.29, 0.717) is 18.9 Å². The Morgan fingerprint density at radius 2 is 2.44 bits per heavy atom. The summed E-state index contributed by atoms with van der Waals surface area (Å²) in [6.07, 6.45) is 4.14. The fourth-order valence-corrected chi connectivity index (χ4v) is 2.29. The molecule has 16 heavy (non-hydrogen) atoms. The monoisotopic (exact) mass is 224 g/mol. The zero-order valence-electron chi connectivity index (χ0n) is 9.85. The van der Waals surface area contributed by atoms with Crippen molar-refractivity contribution in [2.45, 2.75) is 25.7 Å². The number of rotatable bonds is 4. The summed E-state index contributed by atoms with van der Waals surface area (Å²) in [6.45, 7) is 2.92. The summed E-state index contributed by atoms with van der Waals surface area (Å²) in [4.78, 5) is 6.71. The summed E-state index contributed by atoms with van der Waals surface area (Å²) in [5.41, 5.74) is 5.44. The average molecular weight is 224 g/mol. The van der Waals surface area contributed by atoms with Crippen LogP contribution in [0.4, 0.5) is 0 Å². The van der Waals surface area contributed by atoms with Crippen LogP contribution < -0.4 is 5.73 Å². The second kappa shape index (κ2) is 5.41. The highest BCUT2D eigenvalue weighted by molar-refractivity contribution is 4.89. The van der Waals surface area contributed by atoms with E-state index in [0.717, 1.165) is 24.7 Å². The normalized spacial score (nSPS) is 22.5. The van der Waals surface area contributed by atoms with Crippen LogP contribution in [-0.4, -0.2) is 41.7 Å². The first kappa shape index (κ1) is 11.5. The number of nitrogens with zero attached hydrogens (tertiary/aromatic N) is 3. The van der Waals surface area contributed by atoms with Crippen LogP contribution in [0.2, 0.25) is 0 Å². The van der Waals surface area contributed by atoms with Gasteiger partial charge in [0.15, 0.2) is 5.82 Å². The number of likely N-dealkylation sites (tertiary alicyclic amines) is 1. The van der Waals surface area contributed by atoms with Gasteiger partial charge in [0.2, 0.25) is 5.89 Å². The van der Waals surface area contributed by atoms with Gasteiger partial charge in [0.25, 0.3) is 0 Å². The maximum atomic E-state index is 5.44. The van der Waals surface area contributed by atoms with Gasteiger partial charge in [-0.25, -0.2) is 0 Å². The average Bonchev–Trinajstić information content (AvgIpc) is 2.66. The van der Waals surface area contributed by atoms with E-state index in [1.807, 2.05) is 0 Å². The molecule has 5 nitrogen and oxygen atoms in total. The Kier molecular flexibility index (Phi) is 3.90. The number of hydrogen-bond acceptors (Lipinski definition) is 5. The lowest BCUT2D eigenvalue weighted by Gasteiger charge is -2.28. The van der Waals surface area contributed by atoms with Crippen LogP contribution in [0.25, 0.3) is 0 Å². The number of hydrogen-bond donors (Lipinski definition) is 1. The van der Waals surface area contributed by atoms with Gasteiger partial charge in [-0.1, -0.05) is 5.16 Å². The molecule has 1 aromatic rings. The fourth-order valence-electron chi connectivity index (χ4n) is 2.29. The van der Waals surface area contributed by atoms with E-state index in [2.05, 4.69) is 22.1 Å². The molecule has 1 atom stereocenters. The Morgan fingerprint density at radius 1 is 1.56 bits per heavy atom. The van der Waals surface area contributed by atoms with Crippen LogP contribution in [-0.2, 0) is 12.8 Å². The molecule has 1 unspecified atom stereocenters. The smallest absolute Gasteiger partial charge is 0.226 e. The van der Waals surface area contributed by atoms with E-state index in [1.54, 1.807) is 0 Å². The molecular weight excluding hydrogens is 204 g/mol. The van der Waals surface area contributed by atoms with E-state index in [4.69, 9.17) is 10.3 Å². The molecule has 5 heteroatoms. The third kappa shape index (κ3) is 3.02. The zero-order chi connectivity index (χ0) is 11.4. The predicted molar refractivity (Wildman–Crippen MR) is 61.0 cm³/mol. The van der Waals surface area contributed by atoms with Crippen molar-refractivity contribution < 1.29 is 4.52 Å². The van der Waals surface area contributed by atoms with Crippen molar-refractivity contribution in [1.82, 2.24) is 15.0 Å². The van der Waals surface area contributed by atoms with E-state index in [1.165, 1.54) is 19.4 Å². The lowest BCUT2D eigenvalue weighted by Crippen LogP contribution is -2.33. The highest BCUT2D eigenvalue weighted by Gasteiger charge is 2.20. The SMILES string of the molecule is CN1CCCC(Cc2nc(CCN)no2)C1. The van der Waals surface area contributed by atoms with Crippen LogP contribution in [0.1, 0.15) is 24.6 Å². The highest BCUT2D eigenvalue weighted by atomic mass is 16.5. The molecular formula is C11H20N4O. The van der Waals surface area contributed by atoms with Crippen molar-refractivity contribution in [3.63, 3.8) is 0 Å². The molecule has 2 heterocycles. The van der Waals surface area contributed by atoms with Gasteiger partial charge < -0.3 is 15.2 Å². The van der Waals surface area contributed by atoms with Gasteiger partial charge in [0.1, 0.15) is 0 Å². The van der Waals surface area contributed by atoms with Crippen molar-refractivity contribution in [2.24, 2.45) is 11.7 Å². The van der Waals surface area contributed by atoms with Gasteiger partial charge in [-0.3, -0.25) is 0 Å². The van der Waals surface area contributed by atoms with Crippen LogP contribution in [0.3, 0.4) is 0 Å². The van der Waals surface area contributed by atoms with Gasteiger partial charge in [-0.15, -0.1) is 0 Å². The molecule has 0 radical (unpaired) electrons. The molecule has 90 valence electrons. The van der Waals surface area contributed by atoms with Gasteiger partial charge in [-0.2, -0.15) is 4.98 Å². The minimum atomic E-state index is 0.575. The first-order valence-corrected chi connectivity index (χ1v) is 5.98. The Morgan fingerprint density at radius 3 is 3.19 bits per heavy atom. The largest absolute Gasteiger partial charge is 0.339 e. The van der Waals surface area contributed by atoms with Crippen molar-refractivity contribution in [2.75, 3.05) is 26.7 Å². The predicted octanol–water partition coefficient (Wildman–Crippen LogP) is 0.455. The third-order valence-electron chi connectivity index (χ3n) is 3.06. The molecule has 2 rings (SSSR count). The van der Waals surface area contributed by atoms with Crippen molar-refractivity contribution in [1.29, 1.82) is 0 Å². The Balaban J connectivity index is 1.87. The first-order valence-electron chi connectivity index (χ1n) is 5.98. The molecule has 1 aliphatic rings. The summed E-state index contributed by atoms with van der Waals surface area (Å²) in [6, 6.07) is 0. The van der Waals surface area contributed by atoms with Crippen molar-refractivity contribution >= 4 is 0 Å². The first-order chi connectivity index (χ1) is 7.78. The lowest BCUT2D eigenvalue weighted by molar-refractivity contribution is 0.199. The molecule has 1 saturated heterocycles. The Hall–Kier alpha value is -0.940. The van der Waals surface area contributed by atoms with Gasteiger partial charge in [0.05, 0.1) is 0 Å². The minimum Gasteiger partial charge on any atom is -0.339 e. The van der Waals surface area contributed by atoms with E-state index in [9.17, 15) is 0 Å². The summed E-state index contributed by atoms with van der Waals surface area (Å²) in [7, 11) is 2.17. The van der Waals surface area contributed by atoms with Crippen LogP contribution >= 0.6 is 0 Å². The molecule has 2 N–H and O–H groups in total. The van der Waals surface area contributed by atoms with E-state index in [-0.39, 0.29) is 0 Å². The molecule has 0 bridgehead atoms. The topological polar surface area (TPSA) is 68.2 Å². The van der Waals surface area contributed by atoms with E-state index < -0.39 is 0 Å². The summed E-state index contributed by atoms with van der Waals surface area (Å²) >= 11 is 0. The summed E-state index contributed by atoms with van der Waals surface area (Å²) < 4.78 is 5.22. The molecule has 0 amide bonds. The maximum Gasteiger partial charge on any atom is 0.226 e. The zero-order valence-corrected chi connectivity index (χ0v) is 9.85. The molecule has 0 saturated carbocycles. The second-order valence-electron chi connectivity index (χ2n) is 4.62. The second-order valence-corrected chi connectivity index (χ2v) is 4.62. The molecule has 0 aliphatic carbocycles. The highest BCUT2D eigenvalue weighted by Crippen LogP contribution is 2.18. The third-order valence-corrected chi connectivity index (χ3v) is 3.06. The molecule has 0 spiro atoms. The van der Waals surface area contributed by atoms with Gasteiger partial charge >= 0.3 is 0 Å².